The molecule has 0 amide bonds. The summed E-state index contributed by atoms with van der Waals surface area (Å²) in [4.78, 5) is 27.8. The van der Waals surface area contributed by atoms with Gasteiger partial charge in [-0.2, -0.15) is 0 Å². The first-order valence-corrected chi connectivity index (χ1v) is 9.94. The van der Waals surface area contributed by atoms with Crippen molar-refractivity contribution in [1.29, 1.82) is 0 Å². The van der Waals surface area contributed by atoms with Crippen molar-refractivity contribution in [2.45, 2.75) is 12.5 Å². The molecular weight excluding hydrogens is 383 g/mol. The Morgan fingerprint density at radius 3 is 2.80 bits per heavy atom. The number of aromatic amines is 2. The van der Waals surface area contributed by atoms with Crippen LogP contribution in [0.1, 0.15) is 6.42 Å². The quantitative estimate of drug-likeness (QED) is 0.486. The number of pyridine rings is 1. The molecule has 30 heavy (non-hydrogen) atoms. The molecule has 1 atom stereocenters. The Morgan fingerprint density at radius 2 is 2.03 bits per heavy atom. The molecule has 3 heterocycles. The van der Waals surface area contributed by atoms with E-state index in [-0.39, 0.29) is 16.6 Å². The second kappa shape index (κ2) is 6.84. The van der Waals surface area contributed by atoms with E-state index in [0.717, 1.165) is 36.2 Å². The maximum Gasteiger partial charge on any atom is 0.261 e. The number of hydrogen-bond acceptors (Lipinski definition) is 5. The fourth-order valence-corrected chi connectivity index (χ4v) is 4.28. The first kappa shape index (κ1) is 18.6. The monoisotopic (exact) mass is 406 g/mol. The van der Waals surface area contributed by atoms with Crippen molar-refractivity contribution in [2.75, 3.05) is 37.8 Å². The Morgan fingerprint density at radius 1 is 1.20 bits per heavy atom. The first-order chi connectivity index (χ1) is 14.4. The van der Waals surface area contributed by atoms with Crippen molar-refractivity contribution in [2.24, 2.45) is 0 Å². The molecule has 4 aromatic rings. The van der Waals surface area contributed by atoms with Crippen LogP contribution in [0.2, 0.25) is 0 Å². The van der Waals surface area contributed by atoms with Crippen LogP contribution in [0.25, 0.3) is 33.3 Å². The van der Waals surface area contributed by atoms with Crippen LogP contribution in [0.15, 0.2) is 41.2 Å². The number of rotatable bonds is 3. The van der Waals surface area contributed by atoms with E-state index in [1.165, 1.54) is 12.1 Å². The molecule has 7 nitrogen and oxygen atoms in total. The zero-order chi connectivity index (χ0) is 21.0. The summed E-state index contributed by atoms with van der Waals surface area (Å²) in [5, 5.41) is 0.194. The van der Waals surface area contributed by atoms with Gasteiger partial charge in [-0.1, -0.05) is 6.07 Å². The van der Waals surface area contributed by atoms with Gasteiger partial charge in [0.1, 0.15) is 17.2 Å². The van der Waals surface area contributed by atoms with Crippen LogP contribution in [0.4, 0.5) is 15.8 Å². The van der Waals surface area contributed by atoms with Crippen molar-refractivity contribution >= 4 is 33.3 Å². The minimum atomic E-state index is -0.481. The van der Waals surface area contributed by atoms with E-state index in [0.29, 0.717) is 17.4 Å². The molecule has 1 saturated heterocycles. The summed E-state index contributed by atoms with van der Waals surface area (Å²) in [6.45, 7) is 1.95. The van der Waals surface area contributed by atoms with Crippen molar-refractivity contribution in [3.05, 3.63) is 52.6 Å². The van der Waals surface area contributed by atoms with Gasteiger partial charge >= 0.3 is 0 Å². The number of anilines is 2. The maximum absolute atomic E-state index is 14.4. The number of halogens is 1. The molecule has 2 aromatic heterocycles. The lowest BCUT2D eigenvalue weighted by molar-refractivity contribution is 0.315. The molecule has 0 spiro atoms. The van der Waals surface area contributed by atoms with Gasteiger partial charge in [0.05, 0.1) is 27.6 Å². The summed E-state index contributed by atoms with van der Waals surface area (Å²) in [5.74, 6) is -0.149. The number of fused-ring (bicyclic) bond motifs is 2. The zero-order valence-electron chi connectivity index (χ0n) is 16.9. The number of nitrogens with one attached hydrogen (secondary N) is 2. The number of aromatic nitrogens is 3. The van der Waals surface area contributed by atoms with Crippen LogP contribution >= 0.6 is 0 Å². The zero-order valence-corrected chi connectivity index (χ0v) is 16.9. The van der Waals surface area contributed by atoms with E-state index >= 15 is 0 Å². The lowest BCUT2D eigenvalue weighted by Gasteiger charge is -2.21. The van der Waals surface area contributed by atoms with E-state index in [4.69, 9.17) is 5.73 Å². The van der Waals surface area contributed by atoms with Crippen LogP contribution in [-0.2, 0) is 0 Å². The number of nitrogens with zero attached hydrogens (tertiary/aromatic N) is 3. The number of likely N-dealkylation sites (N-methyl/N-ethyl adjacent to an activating group) is 1. The van der Waals surface area contributed by atoms with Gasteiger partial charge in [0.25, 0.3) is 5.56 Å². The average molecular weight is 406 g/mol. The molecule has 1 fully saturated rings. The normalized spacial score (nSPS) is 16.9. The average Bonchev–Trinajstić information content (AvgIpc) is 3.34. The predicted octanol–water partition coefficient (Wildman–Crippen LogP) is 2.93. The largest absolute Gasteiger partial charge is 0.397 e. The van der Waals surface area contributed by atoms with E-state index in [1.54, 1.807) is 6.07 Å². The maximum atomic E-state index is 14.4. The van der Waals surface area contributed by atoms with Crippen molar-refractivity contribution < 1.29 is 4.39 Å². The van der Waals surface area contributed by atoms with Crippen LogP contribution < -0.4 is 16.2 Å². The molecule has 1 unspecified atom stereocenters. The molecule has 0 aliphatic carbocycles. The lowest BCUT2D eigenvalue weighted by atomic mass is 10.1. The Balaban J connectivity index is 1.58. The van der Waals surface area contributed by atoms with Crippen molar-refractivity contribution in [3.8, 4) is 11.4 Å². The summed E-state index contributed by atoms with van der Waals surface area (Å²) in [6, 6.07) is 11.0. The minimum Gasteiger partial charge on any atom is -0.397 e. The molecule has 0 saturated carbocycles. The van der Waals surface area contributed by atoms with Gasteiger partial charge < -0.3 is 25.5 Å². The van der Waals surface area contributed by atoms with E-state index in [1.807, 2.05) is 12.1 Å². The van der Waals surface area contributed by atoms with Crippen LogP contribution in [0, 0.1) is 5.82 Å². The van der Waals surface area contributed by atoms with Gasteiger partial charge in [-0.25, -0.2) is 9.37 Å². The molecule has 1 aliphatic heterocycles. The van der Waals surface area contributed by atoms with E-state index in [2.05, 4.69) is 44.9 Å². The Bertz CT molecular complexity index is 1320. The summed E-state index contributed by atoms with van der Waals surface area (Å²) in [7, 11) is 4.21. The fourth-order valence-electron chi connectivity index (χ4n) is 4.28. The van der Waals surface area contributed by atoms with Gasteiger partial charge in [-0.3, -0.25) is 4.79 Å². The van der Waals surface area contributed by atoms with Crippen LogP contribution in [0.5, 0.6) is 0 Å². The van der Waals surface area contributed by atoms with Gasteiger partial charge in [-0.05, 0) is 50.8 Å². The van der Waals surface area contributed by atoms with E-state index < -0.39 is 11.4 Å². The first-order valence-electron chi connectivity index (χ1n) is 9.94. The number of hydrogen-bond donors (Lipinski definition) is 3. The van der Waals surface area contributed by atoms with Gasteiger partial charge in [0.2, 0.25) is 0 Å². The highest BCUT2D eigenvalue weighted by molar-refractivity contribution is 5.98. The standard InChI is InChI=1S/C22H23FN6O/c1-28(2)13-8-9-29(11-13)12-6-7-15-17(10-12)26-21(25-15)19-20(24)18-14(23)4-3-5-16(18)27-22(19)30/h3-7,10,13H,8-9,11H2,1-2H3,(H,25,26)(H3,24,27,30). The molecular formula is C22H23FN6O. The number of nitrogens with two attached hydrogens (primary N) is 1. The van der Waals surface area contributed by atoms with Crippen LogP contribution in [0.3, 0.4) is 0 Å². The summed E-state index contributed by atoms with van der Waals surface area (Å²) >= 11 is 0. The van der Waals surface area contributed by atoms with Crippen LogP contribution in [-0.4, -0.2) is 53.1 Å². The third kappa shape index (κ3) is 2.91. The number of imidazole rings is 1. The molecule has 0 bridgehead atoms. The lowest BCUT2D eigenvalue weighted by Crippen LogP contribution is -2.31. The molecule has 4 N–H and O–H groups in total. The summed E-state index contributed by atoms with van der Waals surface area (Å²) < 4.78 is 14.4. The Hall–Kier alpha value is -3.39. The summed E-state index contributed by atoms with van der Waals surface area (Å²) in [5.41, 5.74) is 9.04. The smallest absolute Gasteiger partial charge is 0.261 e. The number of nitrogen functional groups attached to an aromatic ring is 1. The summed E-state index contributed by atoms with van der Waals surface area (Å²) in [6.07, 6.45) is 1.12. The van der Waals surface area contributed by atoms with Crippen molar-refractivity contribution in [3.63, 3.8) is 0 Å². The number of H-pyrrole nitrogens is 2. The Kier molecular flexibility index (Phi) is 4.25. The highest BCUT2D eigenvalue weighted by Gasteiger charge is 2.24. The second-order valence-electron chi connectivity index (χ2n) is 8.04. The number of benzene rings is 2. The van der Waals surface area contributed by atoms with E-state index in [9.17, 15) is 9.18 Å². The third-order valence-electron chi connectivity index (χ3n) is 5.99. The topological polar surface area (TPSA) is 94.0 Å². The van der Waals surface area contributed by atoms with Crippen molar-refractivity contribution in [1.82, 2.24) is 19.9 Å². The molecule has 0 radical (unpaired) electrons. The second-order valence-corrected chi connectivity index (χ2v) is 8.04. The highest BCUT2D eigenvalue weighted by atomic mass is 19.1. The third-order valence-corrected chi connectivity index (χ3v) is 5.99. The molecule has 2 aromatic carbocycles. The van der Waals surface area contributed by atoms with Gasteiger partial charge in [-0.15, -0.1) is 0 Å². The molecule has 8 heteroatoms. The highest BCUT2D eigenvalue weighted by Crippen LogP contribution is 2.31. The van der Waals surface area contributed by atoms with Gasteiger partial charge in [0, 0.05) is 24.8 Å². The Labute approximate surface area is 172 Å². The fraction of sp³-hybridized carbons (Fsp3) is 0.273. The molecule has 154 valence electrons. The molecule has 5 rings (SSSR count). The molecule has 1 aliphatic rings. The van der Waals surface area contributed by atoms with Gasteiger partial charge in [0.15, 0.2) is 0 Å². The SMILES string of the molecule is CN(C)C1CCN(c2ccc3[nH]c(-c4c(N)c5c(F)cccc5[nH]c4=O)nc3c2)C1. The minimum absolute atomic E-state index is 0.0829. The predicted molar refractivity (Wildman–Crippen MR) is 118 cm³/mol.